The van der Waals surface area contributed by atoms with Crippen LogP contribution in [0.3, 0.4) is 0 Å². The molecule has 2 N–H and O–H groups in total. The van der Waals surface area contributed by atoms with Crippen molar-refractivity contribution in [1.82, 2.24) is 0 Å². The Bertz CT molecular complexity index is 1080. The minimum absolute atomic E-state index is 0.0758. The number of amides is 2. The first kappa shape index (κ1) is 20.9. The molecule has 0 saturated heterocycles. The molecule has 30 heavy (non-hydrogen) atoms. The summed E-state index contributed by atoms with van der Waals surface area (Å²) in [5.74, 6) is -1.09. The number of rotatable bonds is 5. The summed E-state index contributed by atoms with van der Waals surface area (Å²) >= 11 is 0. The lowest BCUT2D eigenvalue weighted by atomic mass is 10.1. The van der Waals surface area contributed by atoms with E-state index in [-0.39, 0.29) is 11.3 Å². The molecule has 0 spiro atoms. The highest BCUT2D eigenvalue weighted by atomic mass is 19.4. The van der Waals surface area contributed by atoms with Crippen molar-refractivity contribution >= 4 is 23.2 Å². The van der Waals surface area contributed by atoms with Crippen molar-refractivity contribution in [3.8, 4) is 5.75 Å². The molecule has 0 aromatic heterocycles. The molecule has 3 rings (SSSR count). The van der Waals surface area contributed by atoms with Crippen LogP contribution in [0.2, 0.25) is 0 Å². The third kappa shape index (κ3) is 4.60. The standard InChI is InChI=1S/C22H17F3N2O3/c1-30-19-13-7-6-12-18(19)27-21(29)15-9-3-5-11-17(15)26-20(28)14-8-2-4-10-16(14)22(23,24)25/h2-13H,1H3,(H,26,28)(H,27,29). The zero-order valence-electron chi connectivity index (χ0n) is 15.8. The molecule has 0 radical (unpaired) electrons. The number of nitrogens with one attached hydrogen (secondary N) is 2. The first-order valence-electron chi connectivity index (χ1n) is 8.82. The maximum Gasteiger partial charge on any atom is 0.417 e. The first-order valence-corrected chi connectivity index (χ1v) is 8.82. The lowest BCUT2D eigenvalue weighted by Gasteiger charge is -2.15. The lowest BCUT2D eigenvalue weighted by molar-refractivity contribution is -0.137. The predicted octanol–water partition coefficient (Wildman–Crippen LogP) is 5.22. The first-order chi connectivity index (χ1) is 14.3. The Balaban J connectivity index is 1.88. The molecule has 0 unspecified atom stereocenters. The molecular weight excluding hydrogens is 397 g/mol. The minimum Gasteiger partial charge on any atom is -0.495 e. The van der Waals surface area contributed by atoms with E-state index in [1.165, 1.54) is 31.4 Å². The van der Waals surface area contributed by atoms with Crippen LogP contribution < -0.4 is 15.4 Å². The number of anilines is 2. The number of halogens is 3. The normalized spacial score (nSPS) is 10.9. The van der Waals surface area contributed by atoms with E-state index < -0.39 is 29.1 Å². The minimum atomic E-state index is -4.69. The van der Waals surface area contributed by atoms with Crippen LogP contribution in [0.1, 0.15) is 26.3 Å². The molecule has 0 heterocycles. The number of carbonyl (C=O) groups is 2. The van der Waals surface area contributed by atoms with Gasteiger partial charge in [0.1, 0.15) is 5.75 Å². The van der Waals surface area contributed by atoms with Crippen LogP contribution in [0.5, 0.6) is 5.75 Å². The molecule has 2 amide bonds. The zero-order valence-corrected chi connectivity index (χ0v) is 15.8. The second kappa shape index (κ2) is 8.69. The molecule has 0 aliphatic rings. The number of hydrogen-bond acceptors (Lipinski definition) is 3. The van der Waals surface area contributed by atoms with Crippen molar-refractivity contribution in [3.63, 3.8) is 0 Å². The summed E-state index contributed by atoms with van der Waals surface area (Å²) in [4.78, 5) is 25.3. The summed E-state index contributed by atoms with van der Waals surface area (Å²) in [6.45, 7) is 0. The van der Waals surface area contributed by atoms with Crippen molar-refractivity contribution < 1.29 is 27.5 Å². The molecule has 3 aromatic carbocycles. The number of ether oxygens (including phenoxy) is 1. The van der Waals surface area contributed by atoms with E-state index in [0.717, 1.165) is 12.1 Å². The molecule has 0 fully saturated rings. The van der Waals surface area contributed by atoms with E-state index in [9.17, 15) is 22.8 Å². The highest BCUT2D eigenvalue weighted by Gasteiger charge is 2.35. The maximum absolute atomic E-state index is 13.2. The van der Waals surface area contributed by atoms with Crippen LogP contribution in [0.15, 0.2) is 72.8 Å². The van der Waals surface area contributed by atoms with Gasteiger partial charge < -0.3 is 15.4 Å². The second-order valence-electron chi connectivity index (χ2n) is 6.20. The molecule has 154 valence electrons. The number of benzene rings is 3. The van der Waals surface area contributed by atoms with E-state index in [0.29, 0.717) is 11.4 Å². The SMILES string of the molecule is COc1ccccc1NC(=O)c1ccccc1NC(=O)c1ccccc1C(F)(F)F. The Morgan fingerprint density at radius 2 is 1.23 bits per heavy atom. The predicted molar refractivity (Wildman–Crippen MR) is 107 cm³/mol. The number of para-hydroxylation sites is 3. The van der Waals surface area contributed by atoms with Crippen molar-refractivity contribution in [3.05, 3.63) is 89.5 Å². The number of hydrogen-bond donors (Lipinski definition) is 2. The van der Waals surface area contributed by atoms with Crippen LogP contribution in [-0.4, -0.2) is 18.9 Å². The van der Waals surface area contributed by atoms with E-state index in [4.69, 9.17) is 4.74 Å². The number of methoxy groups -OCH3 is 1. The maximum atomic E-state index is 13.2. The van der Waals surface area contributed by atoms with Gasteiger partial charge in [-0.05, 0) is 36.4 Å². The molecule has 0 bridgehead atoms. The highest BCUT2D eigenvalue weighted by molar-refractivity contribution is 6.13. The Kier molecular flexibility index (Phi) is 6.06. The van der Waals surface area contributed by atoms with E-state index in [2.05, 4.69) is 10.6 Å². The summed E-state index contributed by atoms with van der Waals surface area (Å²) in [5, 5.41) is 5.08. The van der Waals surface area contributed by atoms with E-state index >= 15 is 0 Å². The monoisotopic (exact) mass is 414 g/mol. The fourth-order valence-corrected chi connectivity index (χ4v) is 2.85. The van der Waals surface area contributed by atoms with Crippen LogP contribution in [0, 0.1) is 0 Å². The van der Waals surface area contributed by atoms with Gasteiger partial charge in [-0.15, -0.1) is 0 Å². The molecule has 5 nitrogen and oxygen atoms in total. The zero-order chi connectivity index (χ0) is 21.7. The summed E-state index contributed by atoms with van der Waals surface area (Å²) in [7, 11) is 1.46. The molecule has 8 heteroatoms. The quantitative estimate of drug-likeness (QED) is 0.602. The smallest absolute Gasteiger partial charge is 0.417 e. The summed E-state index contributed by atoms with van der Waals surface area (Å²) < 4.78 is 44.8. The molecular formula is C22H17F3N2O3. The van der Waals surface area contributed by atoms with Gasteiger partial charge in [0, 0.05) is 0 Å². The average Bonchev–Trinajstić information content (AvgIpc) is 2.74. The van der Waals surface area contributed by atoms with Gasteiger partial charge in [0.25, 0.3) is 11.8 Å². The van der Waals surface area contributed by atoms with E-state index in [1.54, 1.807) is 36.4 Å². The fraction of sp³-hybridized carbons (Fsp3) is 0.0909. The van der Waals surface area contributed by atoms with Crippen molar-refractivity contribution in [1.29, 1.82) is 0 Å². The fourth-order valence-electron chi connectivity index (χ4n) is 2.85. The van der Waals surface area contributed by atoms with Gasteiger partial charge in [-0.2, -0.15) is 13.2 Å². The largest absolute Gasteiger partial charge is 0.495 e. The Labute approximate surface area is 170 Å². The molecule has 0 atom stereocenters. The highest BCUT2D eigenvalue weighted by Crippen LogP contribution is 2.32. The van der Waals surface area contributed by atoms with Crippen LogP contribution >= 0.6 is 0 Å². The van der Waals surface area contributed by atoms with Gasteiger partial charge in [-0.1, -0.05) is 36.4 Å². The summed E-state index contributed by atoms with van der Waals surface area (Å²) in [6.07, 6.45) is -4.69. The van der Waals surface area contributed by atoms with Gasteiger partial charge in [0.05, 0.1) is 35.2 Å². The van der Waals surface area contributed by atoms with Crippen LogP contribution in [0.4, 0.5) is 24.5 Å². The van der Waals surface area contributed by atoms with Gasteiger partial charge in [0.15, 0.2) is 0 Å². The van der Waals surface area contributed by atoms with Crippen molar-refractivity contribution in [2.75, 3.05) is 17.7 Å². The molecule has 0 aliphatic carbocycles. The average molecular weight is 414 g/mol. The van der Waals surface area contributed by atoms with Crippen LogP contribution in [0.25, 0.3) is 0 Å². The van der Waals surface area contributed by atoms with E-state index in [1.807, 2.05) is 0 Å². The Morgan fingerprint density at radius 1 is 0.733 bits per heavy atom. The Hall–Kier alpha value is -3.81. The number of alkyl halides is 3. The van der Waals surface area contributed by atoms with Gasteiger partial charge >= 0.3 is 6.18 Å². The topological polar surface area (TPSA) is 67.4 Å². The third-order valence-corrected chi connectivity index (χ3v) is 4.25. The van der Waals surface area contributed by atoms with Gasteiger partial charge in [-0.3, -0.25) is 9.59 Å². The van der Waals surface area contributed by atoms with Gasteiger partial charge in [-0.25, -0.2) is 0 Å². The van der Waals surface area contributed by atoms with Gasteiger partial charge in [0.2, 0.25) is 0 Å². The molecule has 0 saturated carbocycles. The number of carbonyl (C=O) groups excluding carboxylic acids is 2. The van der Waals surface area contributed by atoms with Crippen molar-refractivity contribution in [2.45, 2.75) is 6.18 Å². The summed E-state index contributed by atoms with van der Waals surface area (Å²) in [6, 6.07) is 17.2. The van der Waals surface area contributed by atoms with Crippen LogP contribution in [-0.2, 0) is 6.18 Å². The van der Waals surface area contributed by atoms with Crippen molar-refractivity contribution in [2.24, 2.45) is 0 Å². The lowest BCUT2D eigenvalue weighted by Crippen LogP contribution is -2.21. The molecule has 0 aliphatic heterocycles. The third-order valence-electron chi connectivity index (χ3n) is 4.25. The Morgan fingerprint density at radius 3 is 1.90 bits per heavy atom. The second-order valence-corrected chi connectivity index (χ2v) is 6.20. The summed E-state index contributed by atoms with van der Waals surface area (Å²) in [5.41, 5.74) is -1.02. The molecule has 3 aromatic rings.